The molecule has 0 bridgehead atoms. The molecule has 0 spiro atoms. The Labute approximate surface area is 198 Å². The molecule has 1 aliphatic rings. The summed E-state index contributed by atoms with van der Waals surface area (Å²) in [6.07, 6.45) is 0.856. The smallest absolute Gasteiger partial charge is 0.278 e. The monoisotopic (exact) mass is 458 g/mol. The van der Waals surface area contributed by atoms with Crippen molar-refractivity contribution in [2.45, 2.75) is 32.1 Å². The number of benzene rings is 3. The molecule has 1 atom stereocenters. The lowest BCUT2D eigenvalue weighted by Crippen LogP contribution is -2.38. The maximum atomic E-state index is 11.7. The molecule has 174 valence electrons. The first-order chi connectivity index (χ1) is 16.7. The van der Waals surface area contributed by atoms with Crippen molar-refractivity contribution in [1.29, 1.82) is 0 Å². The van der Waals surface area contributed by atoms with E-state index < -0.39 is 6.10 Å². The summed E-state index contributed by atoms with van der Waals surface area (Å²) in [6, 6.07) is 23.2. The van der Waals surface area contributed by atoms with Crippen LogP contribution in [-0.2, 0) is 19.6 Å². The van der Waals surface area contributed by atoms with Crippen molar-refractivity contribution < 1.29 is 23.9 Å². The van der Waals surface area contributed by atoms with Crippen molar-refractivity contribution in [3.63, 3.8) is 0 Å². The summed E-state index contributed by atoms with van der Waals surface area (Å²) in [5, 5.41) is 16.6. The Morgan fingerprint density at radius 2 is 1.59 bits per heavy atom. The number of rotatable bonds is 8. The van der Waals surface area contributed by atoms with Gasteiger partial charge in [-0.05, 0) is 30.2 Å². The highest BCUT2D eigenvalue weighted by atomic mass is 16.5. The van der Waals surface area contributed by atoms with E-state index in [1.54, 1.807) is 18.9 Å². The average molecular weight is 459 g/mol. The van der Waals surface area contributed by atoms with Gasteiger partial charge in [0.25, 0.3) is 11.6 Å². The second-order valence-corrected chi connectivity index (χ2v) is 8.17. The van der Waals surface area contributed by atoms with Crippen LogP contribution in [0, 0.1) is 0 Å². The number of aromatic nitrogens is 3. The van der Waals surface area contributed by atoms with Gasteiger partial charge in [-0.2, -0.15) is 0 Å². The third-order valence-corrected chi connectivity index (χ3v) is 6.11. The van der Waals surface area contributed by atoms with Crippen molar-refractivity contribution in [2.24, 2.45) is 0 Å². The van der Waals surface area contributed by atoms with Gasteiger partial charge in [0, 0.05) is 17.1 Å². The number of aliphatic hydroxyl groups is 1. The molecule has 0 fully saturated rings. The summed E-state index contributed by atoms with van der Waals surface area (Å²) in [4.78, 5) is 0. The molecular formula is C27H28N3O4+. The number of hydrogen-bond acceptors (Lipinski definition) is 5. The van der Waals surface area contributed by atoms with E-state index in [4.69, 9.17) is 19.3 Å². The summed E-state index contributed by atoms with van der Waals surface area (Å²) in [5.41, 5.74) is 2.40. The molecule has 7 heteroatoms. The van der Waals surface area contributed by atoms with E-state index >= 15 is 0 Å². The lowest BCUT2D eigenvalue weighted by atomic mass is 10.1. The largest absolute Gasteiger partial charge is 0.493 e. The van der Waals surface area contributed by atoms with Crippen molar-refractivity contribution in [3.05, 3.63) is 95.6 Å². The van der Waals surface area contributed by atoms with Crippen molar-refractivity contribution in [3.8, 4) is 22.9 Å². The van der Waals surface area contributed by atoms with E-state index in [-0.39, 0.29) is 0 Å². The first-order valence-corrected chi connectivity index (χ1v) is 11.4. The quantitative estimate of drug-likeness (QED) is 0.407. The van der Waals surface area contributed by atoms with Gasteiger partial charge >= 0.3 is 0 Å². The molecular weight excluding hydrogens is 430 g/mol. The highest BCUT2D eigenvalue weighted by Gasteiger charge is 2.38. The second-order valence-electron chi connectivity index (χ2n) is 8.17. The summed E-state index contributed by atoms with van der Waals surface area (Å²) in [5.74, 6) is 3.42. The highest BCUT2D eigenvalue weighted by Crippen LogP contribution is 2.36. The summed E-state index contributed by atoms with van der Waals surface area (Å²) in [6.45, 7) is 1.20. The fourth-order valence-corrected chi connectivity index (χ4v) is 4.47. The summed E-state index contributed by atoms with van der Waals surface area (Å²) in [7, 11) is 3.23. The fourth-order valence-electron chi connectivity index (χ4n) is 4.47. The molecule has 0 aliphatic carbocycles. The van der Waals surface area contributed by atoms with Crippen LogP contribution >= 0.6 is 0 Å². The first kappa shape index (κ1) is 22.0. The van der Waals surface area contributed by atoms with Crippen LogP contribution in [0.5, 0.6) is 17.2 Å². The molecule has 0 radical (unpaired) electrons. The van der Waals surface area contributed by atoms with Crippen molar-refractivity contribution >= 4 is 0 Å². The average Bonchev–Trinajstić information content (AvgIpc) is 3.48. The third-order valence-electron chi connectivity index (χ3n) is 6.11. The van der Waals surface area contributed by atoms with Gasteiger partial charge in [-0.3, -0.25) is 0 Å². The van der Waals surface area contributed by atoms with Gasteiger partial charge in [0.2, 0.25) is 5.69 Å². The van der Waals surface area contributed by atoms with Crippen LogP contribution < -0.4 is 18.8 Å². The number of fused-ring (bicyclic) bond motifs is 1. The minimum absolute atomic E-state index is 0.412. The SMILES string of the molecule is COc1cccc(OC)c1-n1nc2[n+](c1C(O)c1ccccc1OCc1ccccc1)CCC2. The fraction of sp³-hybridized carbons (Fsp3) is 0.259. The molecule has 1 aromatic heterocycles. The lowest BCUT2D eigenvalue weighted by molar-refractivity contribution is -0.701. The second kappa shape index (κ2) is 9.57. The van der Waals surface area contributed by atoms with E-state index in [1.807, 2.05) is 72.8 Å². The van der Waals surface area contributed by atoms with Gasteiger partial charge in [-0.25, -0.2) is 4.57 Å². The van der Waals surface area contributed by atoms with Crippen LogP contribution in [0.15, 0.2) is 72.8 Å². The summed E-state index contributed by atoms with van der Waals surface area (Å²) >= 11 is 0. The first-order valence-electron chi connectivity index (χ1n) is 11.4. The van der Waals surface area contributed by atoms with Gasteiger partial charge in [0.1, 0.15) is 12.4 Å². The molecule has 4 aromatic rings. The van der Waals surface area contributed by atoms with Crippen LogP contribution in [0.2, 0.25) is 0 Å². The Bertz CT molecular complexity index is 1260. The van der Waals surface area contributed by atoms with E-state index in [1.165, 1.54) is 0 Å². The van der Waals surface area contributed by atoms with Crippen LogP contribution in [0.3, 0.4) is 0 Å². The number of methoxy groups -OCH3 is 2. The predicted octanol–water partition coefficient (Wildman–Crippen LogP) is 3.78. The topological polar surface area (TPSA) is 69.6 Å². The number of nitrogens with zero attached hydrogens (tertiary/aromatic N) is 3. The van der Waals surface area contributed by atoms with Gasteiger partial charge < -0.3 is 19.3 Å². The molecule has 1 unspecified atom stereocenters. The van der Waals surface area contributed by atoms with E-state index in [9.17, 15) is 5.11 Å². The molecule has 34 heavy (non-hydrogen) atoms. The van der Waals surface area contributed by atoms with E-state index in [0.717, 1.165) is 30.8 Å². The maximum absolute atomic E-state index is 11.7. The van der Waals surface area contributed by atoms with E-state index in [0.29, 0.717) is 40.9 Å². The van der Waals surface area contributed by atoms with Crippen LogP contribution in [0.1, 0.15) is 35.3 Å². The maximum Gasteiger partial charge on any atom is 0.278 e. The van der Waals surface area contributed by atoms with E-state index in [2.05, 4.69) is 4.57 Å². The number of ether oxygens (including phenoxy) is 3. The molecule has 0 amide bonds. The molecule has 1 N–H and O–H groups in total. The predicted molar refractivity (Wildman–Crippen MR) is 126 cm³/mol. The standard InChI is InChI=1S/C27H28N3O4/c1-32-22-14-8-15-23(33-2)25(22)30-27(29-17-9-16-24(29)28-30)26(31)20-12-6-7-13-21(20)34-18-19-10-4-3-5-11-19/h3-8,10-15,26,31H,9,16-18H2,1-2H3/q+1. The van der Waals surface area contributed by atoms with Gasteiger partial charge in [-0.15, -0.1) is 0 Å². The normalized spacial score (nSPS) is 13.4. The Balaban J connectivity index is 1.59. The van der Waals surface area contributed by atoms with Crippen molar-refractivity contribution in [2.75, 3.05) is 14.2 Å². The van der Waals surface area contributed by atoms with Crippen LogP contribution in [0.25, 0.3) is 5.69 Å². The molecule has 0 saturated heterocycles. The zero-order valence-corrected chi connectivity index (χ0v) is 19.3. The van der Waals surface area contributed by atoms with Crippen LogP contribution in [0.4, 0.5) is 0 Å². The number of para-hydroxylation sites is 2. The number of aliphatic hydroxyl groups excluding tert-OH is 1. The molecule has 0 saturated carbocycles. The zero-order valence-electron chi connectivity index (χ0n) is 19.3. The number of hydrogen-bond donors (Lipinski definition) is 1. The van der Waals surface area contributed by atoms with Gasteiger partial charge in [0.05, 0.1) is 20.8 Å². The Hall–Kier alpha value is -3.84. The molecule has 3 aromatic carbocycles. The molecule has 1 aliphatic heterocycles. The minimum atomic E-state index is -0.971. The Morgan fingerprint density at radius 3 is 2.32 bits per heavy atom. The lowest BCUT2D eigenvalue weighted by Gasteiger charge is -2.16. The van der Waals surface area contributed by atoms with Gasteiger partial charge in [0.15, 0.2) is 17.6 Å². The Morgan fingerprint density at radius 1 is 0.912 bits per heavy atom. The highest BCUT2D eigenvalue weighted by molar-refractivity contribution is 5.57. The molecule has 5 rings (SSSR count). The molecule has 7 nitrogen and oxygen atoms in total. The van der Waals surface area contributed by atoms with Crippen LogP contribution in [-0.4, -0.2) is 29.1 Å². The van der Waals surface area contributed by atoms with Crippen molar-refractivity contribution in [1.82, 2.24) is 9.78 Å². The Kier molecular flexibility index (Phi) is 6.18. The third kappa shape index (κ3) is 3.99. The minimum Gasteiger partial charge on any atom is -0.493 e. The van der Waals surface area contributed by atoms with Gasteiger partial charge in [-0.1, -0.05) is 59.3 Å². The number of aryl methyl sites for hydroxylation is 1. The summed E-state index contributed by atoms with van der Waals surface area (Å²) < 4.78 is 21.3. The zero-order chi connectivity index (χ0) is 23.5. The molecule has 2 heterocycles.